The van der Waals surface area contributed by atoms with Crippen LogP contribution in [0.5, 0.6) is 5.75 Å². The predicted octanol–water partition coefficient (Wildman–Crippen LogP) is 2.47. The summed E-state index contributed by atoms with van der Waals surface area (Å²) < 4.78 is 5.63. The first-order chi connectivity index (χ1) is 9.60. The number of nitrogens with two attached hydrogens (primary N) is 1. The molecule has 0 aliphatic rings. The minimum absolute atomic E-state index is 0.0880. The molecular formula is C14H17ClN4O. The van der Waals surface area contributed by atoms with E-state index in [1.165, 1.54) is 0 Å². The zero-order valence-electron chi connectivity index (χ0n) is 11.4. The van der Waals surface area contributed by atoms with E-state index in [1.54, 1.807) is 24.7 Å². The lowest BCUT2D eigenvalue weighted by atomic mass is 10.1. The van der Waals surface area contributed by atoms with Gasteiger partial charge in [0, 0.05) is 12.4 Å². The highest BCUT2D eigenvalue weighted by Crippen LogP contribution is 2.23. The minimum Gasteiger partial charge on any atom is -0.489 e. The average molecular weight is 293 g/mol. The van der Waals surface area contributed by atoms with Gasteiger partial charge in [-0.3, -0.25) is 15.8 Å². The van der Waals surface area contributed by atoms with E-state index in [4.69, 9.17) is 22.2 Å². The van der Waals surface area contributed by atoms with Crippen molar-refractivity contribution in [3.05, 3.63) is 53.1 Å². The van der Waals surface area contributed by atoms with Crippen LogP contribution < -0.4 is 16.0 Å². The van der Waals surface area contributed by atoms with Crippen molar-refractivity contribution in [1.82, 2.24) is 15.4 Å². The first-order valence-electron chi connectivity index (χ1n) is 6.29. The molecule has 1 atom stereocenters. The van der Waals surface area contributed by atoms with Crippen LogP contribution >= 0.6 is 11.6 Å². The average Bonchev–Trinajstić information content (AvgIpc) is 2.41. The second-order valence-electron chi connectivity index (χ2n) is 4.62. The van der Waals surface area contributed by atoms with Gasteiger partial charge in [0.05, 0.1) is 29.1 Å². The summed E-state index contributed by atoms with van der Waals surface area (Å²) >= 11 is 5.84. The smallest absolute Gasteiger partial charge is 0.138 e. The molecule has 1 unspecified atom stereocenters. The molecule has 2 heterocycles. The summed E-state index contributed by atoms with van der Waals surface area (Å²) in [6, 6.07) is 5.22. The summed E-state index contributed by atoms with van der Waals surface area (Å²) in [4.78, 5) is 8.45. The number of nitrogens with one attached hydrogen (secondary N) is 1. The molecule has 20 heavy (non-hydrogen) atoms. The van der Waals surface area contributed by atoms with Crippen molar-refractivity contribution < 1.29 is 4.74 Å². The van der Waals surface area contributed by atoms with Crippen LogP contribution in [0.1, 0.15) is 31.1 Å². The van der Waals surface area contributed by atoms with Gasteiger partial charge in [-0.15, -0.1) is 0 Å². The monoisotopic (exact) mass is 292 g/mol. The normalized spacial score (nSPS) is 12.4. The molecule has 0 saturated carbocycles. The van der Waals surface area contributed by atoms with Gasteiger partial charge in [0.25, 0.3) is 0 Å². The molecule has 0 fully saturated rings. The Morgan fingerprint density at radius 2 is 2.05 bits per heavy atom. The Balaban J connectivity index is 2.29. The first-order valence-corrected chi connectivity index (χ1v) is 6.67. The third-order valence-corrected chi connectivity index (χ3v) is 2.88. The van der Waals surface area contributed by atoms with E-state index in [2.05, 4.69) is 15.4 Å². The zero-order valence-corrected chi connectivity index (χ0v) is 12.1. The van der Waals surface area contributed by atoms with Crippen molar-refractivity contribution in [2.75, 3.05) is 0 Å². The SMILES string of the molecule is CC(C)Oc1cncc(C(NN)c2ccc(Cl)cn2)c1. The topological polar surface area (TPSA) is 73.1 Å². The number of aromatic nitrogens is 2. The molecule has 2 aromatic rings. The standard InChI is InChI=1S/C14H17ClN4O/c1-9(2)20-12-5-10(6-17-8-12)14(19-16)13-4-3-11(15)7-18-13/h3-9,14,19H,16H2,1-2H3. The molecule has 0 aliphatic carbocycles. The molecule has 6 heteroatoms. The van der Waals surface area contributed by atoms with Gasteiger partial charge >= 0.3 is 0 Å². The van der Waals surface area contributed by atoms with Crippen LogP contribution in [-0.4, -0.2) is 16.1 Å². The molecule has 3 N–H and O–H groups in total. The lowest BCUT2D eigenvalue weighted by molar-refractivity contribution is 0.241. The highest BCUT2D eigenvalue weighted by Gasteiger charge is 2.15. The molecule has 2 aromatic heterocycles. The molecule has 5 nitrogen and oxygen atoms in total. The van der Waals surface area contributed by atoms with Crippen molar-refractivity contribution >= 4 is 11.6 Å². The fourth-order valence-electron chi connectivity index (χ4n) is 1.84. The number of ether oxygens (including phenoxy) is 1. The fraction of sp³-hybridized carbons (Fsp3) is 0.286. The number of hydrazine groups is 1. The number of halogens is 1. The molecule has 0 radical (unpaired) electrons. The third kappa shape index (κ3) is 3.66. The van der Waals surface area contributed by atoms with Crippen molar-refractivity contribution in [3.8, 4) is 5.75 Å². The first kappa shape index (κ1) is 14.7. The second kappa shape index (κ2) is 6.65. The summed E-state index contributed by atoms with van der Waals surface area (Å²) in [6.07, 6.45) is 5.08. The molecule has 0 saturated heterocycles. The van der Waals surface area contributed by atoms with Gasteiger partial charge in [-0.25, -0.2) is 5.43 Å². The minimum atomic E-state index is -0.268. The van der Waals surface area contributed by atoms with Gasteiger partial charge in [-0.05, 0) is 37.6 Å². The largest absolute Gasteiger partial charge is 0.489 e. The van der Waals surface area contributed by atoms with Crippen molar-refractivity contribution in [2.24, 2.45) is 5.84 Å². The van der Waals surface area contributed by atoms with Gasteiger partial charge in [0.2, 0.25) is 0 Å². The Kier molecular flexibility index (Phi) is 4.89. The summed E-state index contributed by atoms with van der Waals surface area (Å²) in [6.45, 7) is 3.93. The summed E-state index contributed by atoms with van der Waals surface area (Å²) in [5, 5.41) is 0.583. The van der Waals surface area contributed by atoms with E-state index < -0.39 is 0 Å². The van der Waals surface area contributed by atoms with Crippen LogP contribution in [0, 0.1) is 0 Å². The van der Waals surface area contributed by atoms with Gasteiger partial charge in [0.1, 0.15) is 5.75 Å². The molecule has 0 aromatic carbocycles. The molecular weight excluding hydrogens is 276 g/mol. The molecule has 0 bridgehead atoms. The van der Waals surface area contributed by atoms with E-state index >= 15 is 0 Å². The zero-order chi connectivity index (χ0) is 14.5. The number of rotatable bonds is 5. The van der Waals surface area contributed by atoms with Gasteiger partial charge in [-0.1, -0.05) is 11.6 Å². The van der Waals surface area contributed by atoms with E-state index in [9.17, 15) is 0 Å². The molecule has 106 valence electrons. The third-order valence-electron chi connectivity index (χ3n) is 2.65. The Bertz CT molecular complexity index is 559. The maximum Gasteiger partial charge on any atom is 0.138 e. The van der Waals surface area contributed by atoms with Crippen LogP contribution in [0.25, 0.3) is 0 Å². The molecule has 2 rings (SSSR count). The lowest BCUT2D eigenvalue weighted by Gasteiger charge is -2.17. The maximum absolute atomic E-state index is 5.84. The Labute approximate surface area is 123 Å². The van der Waals surface area contributed by atoms with E-state index in [0.717, 1.165) is 11.3 Å². The number of hydrogen-bond acceptors (Lipinski definition) is 5. The number of nitrogens with zero attached hydrogens (tertiary/aromatic N) is 2. The van der Waals surface area contributed by atoms with Crippen LogP contribution in [0.3, 0.4) is 0 Å². The maximum atomic E-state index is 5.84. The van der Waals surface area contributed by atoms with E-state index in [0.29, 0.717) is 10.8 Å². The Morgan fingerprint density at radius 1 is 1.25 bits per heavy atom. The van der Waals surface area contributed by atoms with Crippen LogP contribution in [0.15, 0.2) is 36.8 Å². The molecule has 0 amide bonds. The van der Waals surface area contributed by atoms with E-state index in [1.807, 2.05) is 26.0 Å². The van der Waals surface area contributed by atoms with Gasteiger partial charge < -0.3 is 4.74 Å². The van der Waals surface area contributed by atoms with Crippen LogP contribution in [-0.2, 0) is 0 Å². The molecule has 0 spiro atoms. The summed E-state index contributed by atoms with van der Waals surface area (Å²) in [7, 11) is 0. The predicted molar refractivity (Wildman–Crippen MR) is 78.4 cm³/mol. The highest BCUT2D eigenvalue weighted by atomic mass is 35.5. The summed E-state index contributed by atoms with van der Waals surface area (Å²) in [5.41, 5.74) is 4.37. The summed E-state index contributed by atoms with van der Waals surface area (Å²) in [5.74, 6) is 6.34. The van der Waals surface area contributed by atoms with Crippen molar-refractivity contribution in [2.45, 2.75) is 26.0 Å². The quantitative estimate of drug-likeness (QED) is 0.654. The number of pyridine rings is 2. The second-order valence-corrected chi connectivity index (χ2v) is 5.06. The van der Waals surface area contributed by atoms with Gasteiger partial charge in [-0.2, -0.15) is 0 Å². The van der Waals surface area contributed by atoms with Crippen molar-refractivity contribution in [1.29, 1.82) is 0 Å². The van der Waals surface area contributed by atoms with Crippen molar-refractivity contribution in [3.63, 3.8) is 0 Å². The highest BCUT2D eigenvalue weighted by molar-refractivity contribution is 6.30. The van der Waals surface area contributed by atoms with Crippen LogP contribution in [0.2, 0.25) is 5.02 Å². The van der Waals surface area contributed by atoms with Gasteiger partial charge in [0.15, 0.2) is 0 Å². The lowest BCUT2D eigenvalue weighted by Crippen LogP contribution is -2.29. The fourth-order valence-corrected chi connectivity index (χ4v) is 1.95. The number of hydrogen-bond donors (Lipinski definition) is 2. The van der Waals surface area contributed by atoms with Crippen LogP contribution in [0.4, 0.5) is 0 Å². The Morgan fingerprint density at radius 3 is 2.65 bits per heavy atom. The van der Waals surface area contributed by atoms with E-state index in [-0.39, 0.29) is 12.1 Å². The molecule has 0 aliphatic heterocycles. The Hall–Kier alpha value is -1.69.